The zero-order valence-corrected chi connectivity index (χ0v) is 8.82. The summed E-state index contributed by atoms with van der Waals surface area (Å²) in [4.78, 5) is 11.3. The Morgan fingerprint density at radius 3 is 1.25 bits per heavy atom. The van der Waals surface area contributed by atoms with Gasteiger partial charge in [-0.1, -0.05) is 41.5 Å². The minimum absolute atomic E-state index is 0.0532. The Morgan fingerprint density at radius 2 is 1.25 bits per heavy atom. The van der Waals surface area contributed by atoms with Crippen molar-refractivity contribution >= 4 is 5.97 Å². The maximum atomic E-state index is 11.3. The van der Waals surface area contributed by atoms with Crippen LogP contribution in [0.3, 0.4) is 0 Å². The van der Waals surface area contributed by atoms with E-state index in [0.717, 1.165) is 0 Å². The van der Waals surface area contributed by atoms with Crippen LogP contribution in [-0.4, -0.2) is 11.6 Å². The molecule has 0 aliphatic carbocycles. The van der Waals surface area contributed by atoms with Gasteiger partial charge in [-0.3, -0.25) is 0 Å². The predicted molar refractivity (Wildman–Crippen MR) is 47.7 cm³/mol. The topological polar surface area (TPSA) is 29.6 Å². The molecule has 2 heteroatoms. The van der Waals surface area contributed by atoms with Crippen LogP contribution in [-0.2, 0) is 9.53 Å². The molecule has 1 heterocycles. The predicted octanol–water partition coefficient (Wildman–Crippen LogP) is 2.37. The van der Waals surface area contributed by atoms with E-state index in [1.807, 2.05) is 41.5 Å². The Labute approximate surface area is 74.3 Å². The minimum atomic E-state index is -0.556. The summed E-state index contributed by atoms with van der Waals surface area (Å²) in [6.45, 7) is 12.3. The van der Waals surface area contributed by atoms with Gasteiger partial charge in [0, 0.05) is 10.8 Å². The fourth-order valence-electron chi connectivity index (χ4n) is 2.16. The quantitative estimate of drug-likeness (QED) is 0.522. The molecule has 0 amide bonds. The first-order chi connectivity index (χ1) is 5.13. The fraction of sp³-hybridized carbons (Fsp3) is 0.900. The monoisotopic (exact) mass is 170 g/mol. The average Bonchev–Trinajstić information content (AvgIpc) is 2.36. The summed E-state index contributed by atoms with van der Waals surface area (Å²) in [7, 11) is 0. The number of hydrogen-bond donors (Lipinski definition) is 0. The van der Waals surface area contributed by atoms with Crippen LogP contribution in [0.1, 0.15) is 41.5 Å². The summed E-state index contributed by atoms with van der Waals surface area (Å²) in [5, 5.41) is 0. The second-order valence-electron chi connectivity index (χ2n) is 5.57. The third kappa shape index (κ3) is 0.970. The number of epoxide rings is 1. The molecule has 0 aromatic carbocycles. The first kappa shape index (κ1) is 9.56. The summed E-state index contributed by atoms with van der Waals surface area (Å²) in [6.07, 6.45) is 0. The molecule has 0 unspecified atom stereocenters. The highest BCUT2D eigenvalue weighted by Gasteiger charge is 2.71. The summed E-state index contributed by atoms with van der Waals surface area (Å²) in [5.41, 5.74) is -0.773. The third-order valence-electron chi connectivity index (χ3n) is 2.60. The van der Waals surface area contributed by atoms with Crippen molar-refractivity contribution in [2.75, 3.05) is 0 Å². The lowest BCUT2D eigenvalue weighted by Crippen LogP contribution is -2.43. The molecule has 12 heavy (non-hydrogen) atoms. The first-order valence-corrected chi connectivity index (χ1v) is 4.36. The van der Waals surface area contributed by atoms with Crippen LogP contribution in [0.2, 0.25) is 0 Å². The normalized spacial score (nSPS) is 22.0. The highest BCUT2D eigenvalue weighted by Crippen LogP contribution is 2.56. The van der Waals surface area contributed by atoms with Crippen LogP contribution in [0, 0.1) is 10.8 Å². The molecule has 0 aromatic rings. The van der Waals surface area contributed by atoms with Crippen LogP contribution in [0.5, 0.6) is 0 Å². The second kappa shape index (κ2) is 2.04. The van der Waals surface area contributed by atoms with Crippen molar-refractivity contribution in [2.24, 2.45) is 10.8 Å². The molecule has 1 saturated heterocycles. The van der Waals surface area contributed by atoms with Gasteiger partial charge in [-0.15, -0.1) is 0 Å². The summed E-state index contributed by atoms with van der Waals surface area (Å²) >= 11 is 0. The van der Waals surface area contributed by atoms with E-state index in [1.54, 1.807) is 0 Å². The van der Waals surface area contributed by atoms with E-state index in [1.165, 1.54) is 0 Å². The lowest BCUT2D eigenvalue weighted by molar-refractivity contribution is -0.117. The minimum Gasteiger partial charge on any atom is -0.443 e. The fourth-order valence-corrected chi connectivity index (χ4v) is 2.16. The van der Waals surface area contributed by atoms with Crippen LogP contribution in [0.25, 0.3) is 0 Å². The van der Waals surface area contributed by atoms with Crippen molar-refractivity contribution in [1.29, 1.82) is 0 Å². The van der Waals surface area contributed by atoms with Gasteiger partial charge in [0.1, 0.15) is 0 Å². The molecule has 1 rings (SSSR count). The van der Waals surface area contributed by atoms with Crippen molar-refractivity contribution in [3.05, 3.63) is 0 Å². The number of cyclic esters (lactones) is 1. The lowest BCUT2D eigenvalue weighted by Gasteiger charge is -2.34. The molecule has 1 aliphatic rings. The number of hydrogen-bond acceptors (Lipinski definition) is 2. The smallest absolute Gasteiger partial charge is 0.352 e. The standard InChI is InChI=1S/C10H18O2/c1-8(2,3)10(7(11)12-10)9(4,5)6/h1-6H3. The van der Waals surface area contributed by atoms with Crippen LogP contribution in [0.15, 0.2) is 0 Å². The van der Waals surface area contributed by atoms with Gasteiger partial charge in [0.25, 0.3) is 0 Å². The molecule has 0 radical (unpaired) electrons. The zero-order chi connectivity index (χ0) is 9.78. The van der Waals surface area contributed by atoms with Crippen molar-refractivity contribution in [3.8, 4) is 0 Å². The molecular weight excluding hydrogens is 152 g/mol. The van der Waals surface area contributed by atoms with Crippen molar-refractivity contribution < 1.29 is 9.53 Å². The van der Waals surface area contributed by atoms with Gasteiger partial charge in [-0.2, -0.15) is 0 Å². The maximum Gasteiger partial charge on any atom is 0.352 e. The highest BCUT2D eigenvalue weighted by molar-refractivity contribution is 5.95. The maximum absolute atomic E-state index is 11.3. The molecule has 0 spiro atoms. The molecule has 0 atom stereocenters. The number of rotatable bonds is 0. The lowest BCUT2D eigenvalue weighted by atomic mass is 9.66. The van der Waals surface area contributed by atoms with Gasteiger partial charge < -0.3 is 4.74 Å². The Hall–Kier alpha value is -0.530. The summed E-state index contributed by atoms with van der Waals surface area (Å²) < 4.78 is 5.19. The van der Waals surface area contributed by atoms with Gasteiger partial charge in [0.2, 0.25) is 5.60 Å². The Morgan fingerprint density at radius 1 is 1.00 bits per heavy atom. The summed E-state index contributed by atoms with van der Waals surface area (Å²) in [5.74, 6) is -0.0532. The highest BCUT2D eigenvalue weighted by atomic mass is 16.7. The van der Waals surface area contributed by atoms with E-state index in [9.17, 15) is 4.79 Å². The van der Waals surface area contributed by atoms with Crippen LogP contribution < -0.4 is 0 Å². The van der Waals surface area contributed by atoms with Gasteiger partial charge in [0.05, 0.1) is 0 Å². The molecule has 1 aliphatic heterocycles. The van der Waals surface area contributed by atoms with E-state index in [-0.39, 0.29) is 16.8 Å². The molecule has 0 aromatic heterocycles. The SMILES string of the molecule is CC(C)(C)C1(C(C)(C)C)OC1=O. The molecule has 0 bridgehead atoms. The van der Waals surface area contributed by atoms with Crippen molar-refractivity contribution in [2.45, 2.75) is 47.1 Å². The van der Waals surface area contributed by atoms with Gasteiger partial charge >= 0.3 is 5.97 Å². The Balaban J connectivity index is 3.04. The van der Waals surface area contributed by atoms with E-state index >= 15 is 0 Å². The van der Waals surface area contributed by atoms with E-state index in [4.69, 9.17) is 4.74 Å². The molecule has 2 nitrogen and oxygen atoms in total. The van der Waals surface area contributed by atoms with E-state index in [2.05, 4.69) is 0 Å². The van der Waals surface area contributed by atoms with Gasteiger partial charge in [-0.25, -0.2) is 4.79 Å². The Bertz CT molecular complexity index is 201. The summed E-state index contributed by atoms with van der Waals surface area (Å²) in [6, 6.07) is 0. The number of carbonyl (C=O) groups excluding carboxylic acids is 1. The largest absolute Gasteiger partial charge is 0.443 e. The molecular formula is C10H18O2. The Kier molecular flexibility index (Phi) is 1.62. The van der Waals surface area contributed by atoms with Crippen LogP contribution in [0.4, 0.5) is 0 Å². The van der Waals surface area contributed by atoms with Crippen LogP contribution >= 0.6 is 0 Å². The molecule has 0 N–H and O–H groups in total. The van der Waals surface area contributed by atoms with E-state index in [0.29, 0.717) is 0 Å². The number of carbonyl (C=O) groups is 1. The second-order valence-corrected chi connectivity index (χ2v) is 5.57. The van der Waals surface area contributed by atoms with Crippen molar-refractivity contribution in [3.63, 3.8) is 0 Å². The van der Waals surface area contributed by atoms with Crippen molar-refractivity contribution in [1.82, 2.24) is 0 Å². The zero-order valence-electron chi connectivity index (χ0n) is 8.82. The third-order valence-corrected chi connectivity index (χ3v) is 2.60. The average molecular weight is 170 g/mol. The van der Waals surface area contributed by atoms with Gasteiger partial charge in [-0.05, 0) is 0 Å². The van der Waals surface area contributed by atoms with Gasteiger partial charge in [0.15, 0.2) is 0 Å². The first-order valence-electron chi connectivity index (χ1n) is 4.36. The van der Waals surface area contributed by atoms with E-state index < -0.39 is 5.60 Å². The molecule has 1 fully saturated rings. The molecule has 70 valence electrons. The number of ether oxygens (including phenoxy) is 1. The molecule has 0 saturated carbocycles.